The van der Waals surface area contributed by atoms with E-state index in [4.69, 9.17) is 11.6 Å². The van der Waals surface area contributed by atoms with Crippen LogP contribution in [0, 0.1) is 6.92 Å². The molecular weight excluding hydrogens is 378 g/mol. The Kier molecular flexibility index (Phi) is 6.65. The highest BCUT2D eigenvalue weighted by Crippen LogP contribution is 2.21. The number of amides is 2. The first kappa shape index (κ1) is 20.7. The molecule has 1 aliphatic heterocycles. The molecular formula is C17H24ClN3O4S. The van der Waals surface area contributed by atoms with Gasteiger partial charge in [-0.2, -0.15) is 0 Å². The summed E-state index contributed by atoms with van der Waals surface area (Å²) in [6.07, 6.45) is 0.352. The van der Waals surface area contributed by atoms with Gasteiger partial charge < -0.3 is 15.1 Å². The van der Waals surface area contributed by atoms with Gasteiger partial charge in [0.1, 0.15) is 0 Å². The van der Waals surface area contributed by atoms with E-state index in [1.165, 1.54) is 4.90 Å². The van der Waals surface area contributed by atoms with E-state index in [0.717, 1.165) is 5.56 Å². The van der Waals surface area contributed by atoms with Crippen molar-refractivity contribution in [3.8, 4) is 0 Å². The molecule has 1 aromatic rings. The Hall–Kier alpha value is -1.64. The Morgan fingerprint density at radius 2 is 1.96 bits per heavy atom. The Labute approximate surface area is 159 Å². The van der Waals surface area contributed by atoms with Crippen molar-refractivity contribution in [1.82, 2.24) is 9.80 Å². The average molecular weight is 402 g/mol. The standard InChI is InChI=1S/C17H24ClN3O4S/c1-12-4-5-13(18)10-15(12)19-16(22)17(23)21(8-7-20(2)3)14-6-9-26(24,25)11-14/h4-5,10,14H,6-9,11H2,1-3H3,(H,19,22). The van der Waals surface area contributed by atoms with E-state index < -0.39 is 27.7 Å². The van der Waals surface area contributed by atoms with Gasteiger partial charge in [-0.25, -0.2) is 8.42 Å². The van der Waals surface area contributed by atoms with E-state index >= 15 is 0 Å². The zero-order valence-corrected chi connectivity index (χ0v) is 16.7. The third kappa shape index (κ3) is 5.43. The first-order valence-electron chi connectivity index (χ1n) is 8.32. The zero-order valence-electron chi connectivity index (χ0n) is 15.2. The Morgan fingerprint density at radius 3 is 2.54 bits per heavy atom. The molecule has 0 spiro atoms. The minimum absolute atomic E-state index is 0.0401. The number of rotatable bonds is 5. The zero-order chi connectivity index (χ0) is 19.5. The summed E-state index contributed by atoms with van der Waals surface area (Å²) in [6, 6.07) is 4.54. The molecule has 0 bridgehead atoms. The number of hydrogen-bond donors (Lipinski definition) is 1. The molecule has 1 aromatic carbocycles. The van der Waals surface area contributed by atoms with Crippen molar-refractivity contribution < 1.29 is 18.0 Å². The maximum absolute atomic E-state index is 12.7. The third-order valence-electron chi connectivity index (χ3n) is 4.34. The van der Waals surface area contributed by atoms with Crippen molar-refractivity contribution in [3.05, 3.63) is 28.8 Å². The lowest BCUT2D eigenvalue weighted by Gasteiger charge is -2.29. The van der Waals surface area contributed by atoms with Crippen molar-refractivity contribution >= 4 is 38.9 Å². The largest absolute Gasteiger partial charge is 0.329 e. The van der Waals surface area contributed by atoms with Gasteiger partial charge in [0.05, 0.1) is 11.5 Å². The molecule has 26 heavy (non-hydrogen) atoms. The van der Waals surface area contributed by atoms with Crippen LogP contribution in [0.1, 0.15) is 12.0 Å². The second-order valence-electron chi connectivity index (χ2n) is 6.77. The molecule has 2 rings (SSSR count). The molecule has 7 nitrogen and oxygen atoms in total. The lowest BCUT2D eigenvalue weighted by atomic mass is 10.2. The monoisotopic (exact) mass is 401 g/mol. The molecule has 1 heterocycles. The molecule has 1 aliphatic rings. The molecule has 144 valence electrons. The molecule has 0 aliphatic carbocycles. The molecule has 1 saturated heterocycles. The number of carbonyl (C=O) groups is 2. The maximum atomic E-state index is 12.7. The van der Waals surface area contributed by atoms with Crippen LogP contribution in [0.25, 0.3) is 0 Å². The number of aryl methyl sites for hydroxylation is 1. The Bertz CT molecular complexity index is 795. The van der Waals surface area contributed by atoms with Crippen LogP contribution in [0.5, 0.6) is 0 Å². The predicted molar refractivity (Wildman–Crippen MR) is 102 cm³/mol. The molecule has 2 amide bonds. The maximum Gasteiger partial charge on any atom is 0.313 e. The van der Waals surface area contributed by atoms with Crippen molar-refractivity contribution in [1.29, 1.82) is 0 Å². The van der Waals surface area contributed by atoms with E-state index in [1.807, 2.05) is 19.0 Å². The normalized spacial score (nSPS) is 18.7. The van der Waals surface area contributed by atoms with Gasteiger partial charge >= 0.3 is 11.8 Å². The number of benzene rings is 1. The number of anilines is 1. The van der Waals surface area contributed by atoms with Crippen LogP contribution in [-0.2, 0) is 19.4 Å². The summed E-state index contributed by atoms with van der Waals surface area (Å²) in [5, 5.41) is 3.03. The van der Waals surface area contributed by atoms with E-state index in [2.05, 4.69) is 5.32 Å². The van der Waals surface area contributed by atoms with Crippen LogP contribution >= 0.6 is 11.6 Å². The summed E-state index contributed by atoms with van der Waals surface area (Å²) in [5.41, 5.74) is 1.24. The van der Waals surface area contributed by atoms with Crippen molar-refractivity contribution in [2.45, 2.75) is 19.4 Å². The topological polar surface area (TPSA) is 86.8 Å². The van der Waals surface area contributed by atoms with Gasteiger partial charge in [-0.05, 0) is 45.1 Å². The fourth-order valence-corrected chi connectivity index (χ4v) is 4.72. The quantitative estimate of drug-likeness (QED) is 0.748. The molecule has 1 fully saturated rings. The highest BCUT2D eigenvalue weighted by atomic mass is 35.5. The molecule has 9 heteroatoms. The number of hydrogen-bond acceptors (Lipinski definition) is 5. The van der Waals surface area contributed by atoms with Gasteiger partial charge in [-0.3, -0.25) is 9.59 Å². The highest BCUT2D eigenvalue weighted by molar-refractivity contribution is 7.91. The summed E-state index contributed by atoms with van der Waals surface area (Å²) < 4.78 is 23.6. The van der Waals surface area contributed by atoms with Gasteiger partial charge in [0, 0.05) is 29.8 Å². The average Bonchev–Trinajstić information content (AvgIpc) is 2.90. The minimum Gasteiger partial charge on any atom is -0.329 e. The van der Waals surface area contributed by atoms with Crippen LogP contribution in [-0.4, -0.2) is 74.8 Å². The Balaban J connectivity index is 2.16. The summed E-state index contributed by atoms with van der Waals surface area (Å²) >= 11 is 5.94. The van der Waals surface area contributed by atoms with E-state index in [0.29, 0.717) is 23.7 Å². The summed E-state index contributed by atoms with van der Waals surface area (Å²) in [4.78, 5) is 28.4. The van der Waals surface area contributed by atoms with Gasteiger partial charge in [0.15, 0.2) is 9.84 Å². The number of halogens is 1. The van der Waals surface area contributed by atoms with E-state index in [9.17, 15) is 18.0 Å². The molecule has 0 radical (unpaired) electrons. The molecule has 1 N–H and O–H groups in total. The summed E-state index contributed by atoms with van der Waals surface area (Å²) in [6.45, 7) is 2.61. The molecule has 1 atom stereocenters. The van der Waals surface area contributed by atoms with Crippen LogP contribution in [0.3, 0.4) is 0 Å². The molecule has 1 unspecified atom stereocenters. The lowest BCUT2D eigenvalue weighted by Crippen LogP contribution is -2.49. The number of nitrogens with zero attached hydrogens (tertiary/aromatic N) is 2. The summed E-state index contributed by atoms with van der Waals surface area (Å²) in [7, 11) is 0.535. The fraction of sp³-hybridized carbons (Fsp3) is 0.529. The van der Waals surface area contributed by atoms with Crippen molar-refractivity contribution in [3.63, 3.8) is 0 Å². The number of sulfone groups is 1. The summed E-state index contributed by atoms with van der Waals surface area (Å²) in [5.74, 6) is -1.58. The van der Waals surface area contributed by atoms with Gasteiger partial charge in [-0.15, -0.1) is 0 Å². The van der Waals surface area contributed by atoms with Crippen LogP contribution < -0.4 is 5.32 Å². The van der Waals surface area contributed by atoms with Crippen molar-refractivity contribution in [2.24, 2.45) is 0 Å². The van der Waals surface area contributed by atoms with E-state index in [1.54, 1.807) is 25.1 Å². The van der Waals surface area contributed by atoms with Gasteiger partial charge in [0.25, 0.3) is 0 Å². The first-order valence-corrected chi connectivity index (χ1v) is 10.5. The number of carbonyl (C=O) groups excluding carboxylic acids is 2. The molecule has 0 saturated carbocycles. The van der Waals surface area contributed by atoms with Crippen LogP contribution in [0.2, 0.25) is 5.02 Å². The third-order valence-corrected chi connectivity index (χ3v) is 6.33. The van der Waals surface area contributed by atoms with Gasteiger partial charge in [-0.1, -0.05) is 17.7 Å². The van der Waals surface area contributed by atoms with Crippen LogP contribution in [0.15, 0.2) is 18.2 Å². The first-order chi connectivity index (χ1) is 12.1. The number of nitrogens with one attached hydrogen (secondary N) is 1. The highest BCUT2D eigenvalue weighted by Gasteiger charge is 2.36. The van der Waals surface area contributed by atoms with Crippen LogP contribution in [0.4, 0.5) is 5.69 Å². The SMILES string of the molecule is Cc1ccc(Cl)cc1NC(=O)C(=O)N(CCN(C)C)C1CCS(=O)(=O)C1. The van der Waals surface area contributed by atoms with Gasteiger partial charge in [0.2, 0.25) is 0 Å². The fourth-order valence-electron chi connectivity index (χ4n) is 2.81. The molecule has 0 aromatic heterocycles. The second-order valence-corrected chi connectivity index (χ2v) is 9.44. The predicted octanol–water partition coefficient (Wildman–Crippen LogP) is 1.16. The Morgan fingerprint density at radius 1 is 1.27 bits per heavy atom. The minimum atomic E-state index is -3.17. The van der Waals surface area contributed by atoms with Crippen molar-refractivity contribution in [2.75, 3.05) is 44.0 Å². The lowest BCUT2D eigenvalue weighted by molar-refractivity contribution is -0.144. The van der Waals surface area contributed by atoms with E-state index in [-0.39, 0.29) is 18.1 Å². The number of likely N-dealkylation sites (N-methyl/N-ethyl adjacent to an activating group) is 1. The second kappa shape index (κ2) is 8.37. The smallest absolute Gasteiger partial charge is 0.313 e.